The Hall–Kier alpha value is -4.52. The molecule has 2 amide bonds. The lowest BCUT2D eigenvalue weighted by Gasteiger charge is -2.29. The van der Waals surface area contributed by atoms with Gasteiger partial charge in [-0.2, -0.15) is 9.44 Å². The van der Waals surface area contributed by atoms with E-state index in [0.717, 1.165) is 22.3 Å². The Bertz CT molecular complexity index is 1970. The van der Waals surface area contributed by atoms with Gasteiger partial charge in [0.2, 0.25) is 31.9 Å². The minimum absolute atomic E-state index is 0.0625. The van der Waals surface area contributed by atoms with Crippen molar-refractivity contribution >= 4 is 31.9 Å². The molecule has 14 nitrogen and oxygen atoms in total. The lowest BCUT2D eigenvalue weighted by molar-refractivity contribution is -0.136. The Kier molecular flexibility index (Phi) is 18.2. The third kappa shape index (κ3) is 14.9. The molecular weight excluding hydrogens is 809 g/mol. The number of nitrogens with zero attached hydrogens (tertiary/aromatic N) is 2. The predicted molar refractivity (Wildman–Crippen MR) is 227 cm³/mol. The van der Waals surface area contributed by atoms with Crippen LogP contribution in [0.3, 0.4) is 0 Å². The number of rotatable bonds is 12. The van der Waals surface area contributed by atoms with Crippen LogP contribution in [0.4, 0.5) is 0 Å². The van der Waals surface area contributed by atoms with Crippen molar-refractivity contribution in [1.29, 1.82) is 0 Å². The van der Waals surface area contributed by atoms with Crippen molar-refractivity contribution in [3.8, 4) is 0 Å². The van der Waals surface area contributed by atoms with Gasteiger partial charge < -0.3 is 28.7 Å². The number of carbonyl (C=O) groups is 2. The highest BCUT2D eigenvalue weighted by Crippen LogP contribution is 2.16. The van der Waals surface area contributed by atoms with Crippen molar-refractivity contribution in [2.75, 3.05) is 79.0 Å². The molecule has 0 bridgehead atoms. The molecule has 1 fully saturated rings. The van der Waals surface area contributed by atoms with Crippen LogP contribution in [0.2, 0.25) is 0 Å². The van der Waals surface area contributed by atoms with Gasteiger partial charge in [-0.25, -0.2) is 16.8 Å². The Morgan fingerprint density at radius 2 is 0.783 bits per heavy atom. The molecule has 4 aromatic carbocycles. The van der Waals surface area contributed by atoms with Gasteiger partial charge in [0, 0.05) is 26.2 Å². The van der Waals surface area contributed by atoms with E-state index < -0.39 is 43.9 Å². The summed E-state index contributed by atoms with van der Waals surface area (Å²) >= 11 is 0. The molecule has 5 rings (SSSR count). The zero-order valence-corrected chi connectivity index (χ0v) is 35.9. The van der Waals surface area contributed by atoms with Crippen molar-refractivity contribution < 1.29 is 45.4 Å². The van der Waals surface area contributed by atoms with Crippen LogP contribution in [0.15, 0.2) is 119 Å². The molecule has 1 saturated heterocycles. The number of aryl methyl sites for hydroxylation is 2. The minimum Gasteiger partial charge on any atom is -0.377 e. The summed E-state index contributed by atoms with van der Waals surface area (Å²) in [5.41, 5.74) is 3.40. The number of hydrogen-bond acceptors (Lipinski definition) is 10. The summed E-state index contributed by atoms with van der Waals surface area (Å²) in [6.07, 6.45) is 0.269. The van der Waals surface area contributed by atoms with Gasteiger partial charge in [0.1, 0.15) is 12.1 Å². The standard InChI is InChI=1S/C44H56N4O10S2/c1-35-13-17-39(18-14-35)59(51,52)45-41(33-37-9-5-3-6-10-37)43(49)47-21-25-55-29-31-57-27-23-48(24-28-58-32-30-56-26-22-47)44(50)42(34-38-11-7-4-8-12-38)46-60(53,54)40-19-15-36(2)16-20-40/h3-20,41-42,45-46H,21-34H2,1-2H3. The van der Waals surface area contributed by atoms with Crippen molar-refractivity contribution in [1.82, 2.24) is 19.2 Å². The van der Waals surface area contributed by atoms with E-state index >= 15 is 0 Å². The maximum absolute atomic E-state index is 14.2. The Morgan fingerprint density at radius 1 is 0.483 bits per heavy atom. The van der Waals surface area contributed by atoms with E-state index in [4.69, 9.17) is 18.9 Å². The van der Waals surface area contributed by atoms with Crippen molar-refractivity contribution in [2.24, 2.45) is 0 Å². The molecule has 0 saturated carbocycles. The molecule has 2 N–H and O–H groups in total. The first-order valence-corrected chi connectivity index (χ1v) is 23.0. The van der Waals surface area contributed by atoms with Crippen LogP contribution in [0.5, 0.6) is 0 Å². The zero-order valence-electron chi connectivity index (χ0n) is 34.2. The number of ether oxygens (including phenoxy) is 4. The van der Waals surface area contributed by atoms with Gasteiger partial charge in [-0.05, 0) is 62.1 Å². The molecule has 1 aliphatic heterocycles. The topological polar surface area (TPSA) is 170 Å². The molecule has 0 radical (unpaired) electrons. The van der Waals surface area contributed by atoms with Crippen LogP contribution in [-0.4, -0.2) is 130 Å². The minimum atomic E-state index is -4.04. The van der Waals surface area contributed by atoms with Gasteiger partial charge in [0.15, 0.2) is 0 Å². The van der Waals surface area contributed by atoms with E-state index in [1.165, 1.54) is 24.3 Å². The fourth-order valence-corrected chi connectivity index (χ4v) is 8.83. The quantitative estimate of drug-likeness (QED) is 0.215. The zero-order chi connectivity index (χ0) is 42.8. The molecule has 0 spiro atoms. The molecule has 2 atom stereocenters. The summed E-state index contributed by atoms with van der Waals surface area (Å²) in [4.78, 5) is 31.5. The number of sulfonamides is 2. The van der Waals surface area contributed by atoms with Gasteiger partial charge in [0.05, 0.1) is 62.6 Å². The highest BCUT2D eigenvalue weighted by atomic mass is 32.2. The predicted octanol–water partition coefficient (Wildman–Crippen LogP) is 3.52. The third-order valence-corrected chi connectivity index (χ3v) is 12.8. The van der Waals surface area contributed by atoms with Gasteiger partial charge in [0.25, 0.3) is 0 Å². The van der Waals surface area contributed by atoms with E-state index in [-0.39, 0.29) is 102 Å². The summed E-state index contributed by atoms with van der Waals surface area (Å²) in [6.45, 7) is 5.75. The maximum atomic E-state index is 14.2. The maximum Gasteiger partial charge on any atom is 0.241 e. The summed E-state index contributed by atoms with van der Waals surface area (Å²) in [5, 5.41) is 0. The van der Waals surface area contributed by atoms with E-state index in [0.29, 0.717) is 0 Å². The lowest BCUT2D eigenvalue weighted by atomic mass is 10.1. The molecule has 0 aliphatic carbocycles. The molecule has 4 aromatic rings. The van der Waals surface area contributed by atoms with Crippen LogP contribution in [0, 0.1) is 13.8 Å². The first-order chi connectivity index (χ1) is 28.9. The van der Waals surface area contributed by atoms with Crippen molar-refractivity contribution in [2.45, 2.75) is 48.6 Å². The second-order valence-corrected chi connectivity index (χ2v) is 17.9. The highest BCUT2D eigenvalue weighted by Gasteiger charge is 2.31. The monoisotopic (exact) mass is 864 g/mol. The first kappa shape index (κ1) is 46.5. The molecule has 60 heavy (non-hydrogen) atoms. The Labute approximate surface area is 354 Å². The number of hydrogen-bond donors (Lipinski definition) is 2. The van der Waals surface area contributed by atoms with Crippen LogP contribution >= 0.6 is 0 Å². The normalized spacial score (nSPS) is 16.9. The summed E-state index contributed by atoms with van der Waals surface area (Å²) in [6, 6.07) is 29.1. The van der Waals surface area contributed by atoms with Crippen LogP contribution in [-0.2, 0) is 61.4 Å². The second-order valence-electron chi connectivity index (χ2n) is 14.5. The fraction of sp³-hybridized carbons (Fsp3) is 0.409. The first-order valence-electron chi connectivity index (χ1n) is 20.1. The summed E-state index contributed by atoms with van der Waals surface area (Å²) in [5.74, 6) is -0.833. The molecule has 0 aromatic heterocycles. The molecule has 1 aliphatic rings. The van der Waals surface area contributed by atoms with Gasteiger partial charge in [-0.1, -0.05) is 96.1 Å². The van der Waals surface area contributed by atoms with Crippen LogP contribution < -0.4 is 9.44 Å². The number of amides is 2. The molecule has 1 heterocycles. The van der Waals surface area contributed by atoms with Crippen LogP contribution in [0.25, 0.3) is 0 Å². The van der Waals surface area contributed by atoms with E-state index in [9.17, 15) is 26.4 Å². The SMILES string of the molecule is Cc1ccc(S(=O)(=O)NC(Cc2ccccc2)C(=O)N2CCOCCOCCN(C(=O)C(Cc3ccccc3)NS(=O)(=O)c3ccc(C)cc3)CCOCCOCC2)cc1. The number of benzene rings is 4. The van der Waals surface area contributed by atoms with Gasteiger partial charge >= 0.3 is 0 Å². The Balaban J connectivity index is 1.22. The summed E-state index contributed by atoms with van der Waals surface area (Å²) < 4.78 is 82.7. The van der Waals surface area contributed by atoms with Crippen LogP contribution in [0.1, 0.15) is 22.3 Å². The van der Waals surface area contributed by atoms with Gasteiger partial charge in [-0.15, -0.1) is 0 Å². The fourth-order valence-electron chi connectivity index (χ4n) is 6.45. The summed E-state index contributed by atoms with van der Waals surface area (Å²) in [7, 11) is -8.08. The van der Waals surface area contributed by atoms with Crippen molar-refractivity contribution in [3.05, 3.63) is 131 Å². The van der Waals surface area contributed by atoms with E-state index in [2.05, 4.69) is 9.44 Å². The second kappa shape index (κ2) is 23.5. The Morgan fingerprint density at radius 3 is 1.08 bits per heavy atom. The largest absolute Gasteiger partial charge is 0.377 e. The van der Waals surface area contributed by atoms with E-state index in [1.807, 2.05) is 74.5 Å². The van der Waals surface area contributed by atoms with Gasteiger partial charge in [-0.3, -0.25) is 9.59 Å². The third-order valence-electron chi connectivity index (χ3n) is 9.81. The number of nitrogens with one attached hydrogen (secondary N) is 2. The molecule has 2 unspecified atom stereocenters. The smallest absolute Gasteiger partial charge is 0.241 e. The van der Waals surface area contributed by atoms with Crippen molar-refractivity contribution in [3.63, 3.8) is 0 Å². The highest BCUT2D eigenvalue weighted by molar-refractivity contribution is 7.89. The molecule has 16 heteroatoms. The average Bonchev–Trinajstić information content (AvgIpc) is 3.23. The molecular formula is C44H56N4O10S2. The molecule has 324 valence electrons. The lowest BCUT2D eigenvalue weighted by Crippen LogP contribution is -2.51. The number of carbonyl (C=O) groups excluding carboxylic acids is 2. The van der Waals surface area contributed by atoms with E-state index in [1.54, 1.807) is 34.1 Å². The average molecular weight is 865 g/mol.